The van der Waals surface area contributed by atoms with E-state index in [2.05, 4.69) is 32.1 Å². The van der Waals surface area contributed by atoms with Crippen LogP contribution in [0.4, 0.5) is 4.39 Å². The molecule has 2 aliphatic rings. The predicted octanol–water partition coefficient (Wildman–Crippen LogP) is 8.78. The minimum absolute atomic E-state index is 0.0228. The Labute approximate surface area is 174 Å². The van der Waals surface area contributed by atoms with Crippen LogP contribution >= 0.6 is 11.3 Å². The minimum Gasteiger partial charge on any atom is -0.205 e. The average molecular weight is 399 g/mol. The highest BCUT2D eigenvalue weighted by Crippen LogP contribution is 2.43. The van der Waals surface area contributed by atoms with Crippen LogP contribution in [0.15, 0.2) is 24.3 Å². The molecule has 2 aliphatic carbocycles. The third-order valence-corrected chi connectivity index (χ3v) is 8.43. The fraction of sp³-hybridized carbons (Fsp3) is 0.615. The Balaban J connectivity index is 1.44. The van der Waals surface area contributed by atoms with Crippen molar-refractivity contribution in [3.05, 3.63) is 40.5 Å². The molecule has 4 rings (SSSR count). The summed E-state index contributed by atoms with van der Waals surface area (Å²) >= 11 is 1.65. The highest BCUT2D eigenvalue weighted by Gasteiger charge is 2.29. The summed E-state index contributed by atoms with van der Waals surface area (Å²) in [5.74, 6) is 2.75. The van der Waals surface area contributed by atoms with Crippen molar-refractivity contribution in [1.82, 2.24) is 0 Å². The molecule has 2 aromatic rings. The Kier molecular flexibility index (Phi) is 6.55. The lowest BCUT2D eigenvalue weighted by Crippen LogP contribution is -2.23. The van der Waals surface area contributed by atoms with Crippen LogP contribution in [0.5, 0.6) is 0 Å². The molecule has 0 amide bonds. The number of hydrogen-bond donors (Lipinski definition) is 0. The summed E-state index contributed by atoms with van der Waals surface area (Å²) in [5, 5.41) is 1.08. The molecule has 0 saturated heterocycles. The summed E-state index contributed by atoms with van der Waals surface area (Å²) in [4.78, 5) is 1.31. The maximum atomic E-state index is 15.2. The summed E-state index contributed by atoms with van der Waals surface area (Å²) in [5.41, 5.74) is 2.11. The van der Waals surface area contributed by atoms with Crippen LogP contribution in [0, 0.1) is 23.6 Å². The van der Waals surface area contributed by atoms with Gasteiger partial charge in [-0.3, -0.25) is 0 Å². The number of aryl methyl sites for hydroxylation is 1. The maximum absolute atomic E-state index is 15.2. The second kappa shape index (κ2) is 9.11. The van der Waals surface area contributed by atoms with Gasteiger partial charge in [0.15, 0.2) is 0 Å². The Morgan fingerprint density at radius 2 is 1.82 bits per heavy atom. The first kappa shape index (κ1) is 20.1. The third kappa shape index (κ3) is 4.22. The van der Waals surface area contributed by atoms with Gasteiger partial charge in [-0.1, -0.05) is 64.2 Å². The Morgan fingerprint density at radius 1 is 1.00 bits per heavy atom. The van der Waals surface area contributed by atoms with Crippen LogP contribution in [0.3, 0.4) is 0 Å². The normalized spacial score (nSPS) is 25.8. The fourth-order valence-electron chi connectivity index (χ4n) is 5.62. The highest BCUT2D eigenvalue weighted by molar-refractivity contribution is 7.19. The Bertz CT molecular complexity index is 822. The standard InChI is InChI=1S/C26H35FS/c1-3-5-18-7-9-19(10-8-18)20-11-13-21(14-12-20)24-16-15-22-17-23(6-4-2)28-26(22)25(24)27/h13,15-20H,3-12,14H2,1-2H3. The first-order chi connectivity index (χ1) is 13.7. The molecule has 1 fully saturated rings. The maximum Gasteiger partial charge on any atom is 0.148 e. The second-order valence-electron chi connectivity index (χ2n) is 9.14. The van der Waals surface area contributed by atoms with Gasteiger partial charge in [0.05, 0.1) is 4.70 Å². The summed E-state index contributed by atoms with van der Waals surface area (Å²) in [6.07, 6.45) is 16.5. The molecule has 0 radical (unpaired) electrons. The lowest BCUT2D eigenvalue weighted by Gasteiger charge is -2.35. The number of fused-ring (bicyclic) bond motifs is 1. The first-order valence-corrected chi connectivity index (χ1v) is 12.4. The first-order valence-electron chi connectivity index (χ1n) is 11.6. The van der Waals surface area contributed by atoms with Gasteiger partial charge in [-0.05, 0) is 73.3 Å². The molecule has 28 heavy (non-hydrogen) atoms. The second-order valence-corrected chi connectivity index (χ2v) is 10.3. The molecule has 0 spiro atoms. The molecule has 1 unspecified atom stereocenters. The zero-order chi connectivity index (χ0) is 19.5. The van der Waals surface area contributed by atoms with E-state index in [4.69, 9.17) is 0 Å². The van der Waals surface area contributed by atoms with Gasteiger partial charge < -0.3 is 0 Å². The zero-order valence-electron chi connectivity index (χ0n) is 17.6. The van der Waals surface area contributed by atoms with E-state index >= 15 is 4.39 Å². The van der Waals surface area contributed by atoms with Crippen molar-refractivity contribution in [3.8, 4) is 0 Å². The number of allylic oxidation sites excluding steroid dienone is 2. The number of halogens is 1. The van der Waals surface area contributed by atoms with Crippen molar-refractivity contribution in [2.24, 2.45) is 17.8 Å². The summed E-state index contributed by atoms with van der Waals surface area (Å²) in [6, 6.07) is 6.34. The van der Waals surface area contributed by atoms with E-state index in [-0.39, 0.29) is 5.82 Å². The van der Waals surface area contributed by atoms with Crippen molar-refractivity contribution in [2.45, 2.75) is 84.5 Å². The monoisotopic (exact) mass is 398 g/mol. The van der Waals surface area contributed by atoms with Crippen LogP contribution in [0.1, 0.15) is 88.5 Å². The average Bonchev–Trinajstić information content (AvgIpc) is 3.13. The van der Waals surface area contributed by atoms with Gasteiger partial charge in [-0.15, -0.1) is 11.3 Å². The van der Waals surface area contributed by atoms with Crippen molar-refractivity contribution >= 4 is 27.0 Å². The van der Waals surface area contributed by atoms with E-state index in [1.807, 2.05) is 6.07 Å². The van der Waals surface area contributed by atoms with Gasteiger partial charge in [0, 0.05) is 10.4 Å². The van der Waals surface area contributed by atoms with Gasteiger partial charge in [0.25, 0.3) is 0 Å². The summed E-state index contributed by atoms with van der Waals surface area (Å²) < 4.78 is 16.1. The van der Waals surface area contributed by atoms with Crippen molar-refractivity contribution < 1.29 is 4.39 Å². The Hall–Kier alpha value is -1.15. The predicted molar refractivity (Wildman–Crippen MR) is 121 cm³/mol. The molecule has 0 aliphatic heterocycles. The van der Waals surface area contributed by atoms with Crippen molar-refractivity contribution in [3.63, 3.8) is 0 Å². The molecule has 0 nitrogen and oxygen atoms in total. The van der Waals surface area contributed by atoms with Gasteiger partial charge in [0.2, 0.25) is 0 Å². The SMILES string of the molecule is CCCc1cc2ccc(C3=CCC(C4CCC(CCC)CC4)CC3)c(F)c2s1. The number of rotatable bonds is 6. The van der Waals surface area contributed by atoms with E-state index in [1.54, 1.807) is 11.3 Å². The molecular formula is C26H35FS. The van der Waals surface area contributed by atoms with Crippen molar-refractivity contribution in [1.29, 1.82) is 0 Å². The van der Waals surface area contributed by atoms with E-state index in [9.17, 15) is 0 Å². The lowest BCUT2D eigenvalue weighted by atomic mass is 9.70. The van der Waals surface area contributed by atoms with Gasteiger partial charge in [0.1, 0.15) is 5.82 Å². The molecule has 1 heterocycles. The molecular weight excluding hydrogens is 363 g/mol. The summed E-state index contributed by atoms with van der Waals surface area (Å²) in [6.45, 7) is 4.50. The number of benzene rings is 1. The third-order valence-electron chi connectivity index (χ3n) is 7.23. The van der Waals surface area contributed by atoms with Crippen LogP contribution in [0.2, 0.25) is 0 Å². The summed E-state index contributed by atoms with van der Waals surface area (Å²) in [7, 11) is 0. The quantitative estimate of drug-likeness (QED) is 0.456. The van der Waals surface area contributed by atoms with Crippen LogP contribution in [0.25, 0.3) is 15.7 Å². The number of hydrogen-bond acceptors (Lipinski definition) is 1. The van der Waals surface area contributed by atoms with Crippen molar-refractivity contribution in [2.75, 3.05) is 0 Å². The molecule has 1 aromatic carbocycles. The van der Waals surface area contributed by atoms with E-state index in [0.29, 0.717) is 0 Å². The largest absolute Gasteiger partial charge is 0.205 e. The van der Waals surface area contributed by atoms with Crippen LogP contribution in [-0.2, 0) is 6.42 Å². The minimum atomic E-state index is 0.0228. The molecule has 1 atom stereocenters. The molecule has 152 valence electrons. The fourth-order valence-corrected chi connectivity index (χ4v) is 6.82. The van der Waals surface area contributed by atoms with E-state index in [0.717, 1.165) is 59.1 Å². The molecule has 2 heteroatoms. The zero-order valence-corrected chi connectivity index (χ0v) is 18.4. The van der Waals surface area contributed by atoms with E-state index < -0.39 is 0 Å². The van der Waals surface area contributed by atoms with E-state index in [1.165, 1.54) is 55.4 Å². The number of thiophene rings is 1. The van der Waals surface area contributed by atoms with Crippen LogP contribution in [-0.4, -0.2) is 0 Å². The molecule has 1 saturated carbocycles. The molecule has 0 N–H and O–H groups in total. The molecule has 1 aromatic heterocycles. The molecule has 0 bridgehead atoms. The topological polar surface area (TPSA) is 0 Å². The van der Waals surface area contributed by atoms with Gasteiger partial charge in [-0.25, -0.2) is 4.39 Å². The van der Waals surface area contributed by atoms with Gasteiger partial charge >= 0.3 is 0 Å². The Morgan fingerprint density at radius 3 is 2.50 bits per heavy atom. The van der Waals surface area contributed by atoms with Crippen LogP contribution < -0.4 is 0 Å². The van der Waals surface area contributed by atoms with Gasteiger partial charge in [-0.2, -0.15) is 0 Å². The smallest absolute Gasteiger partial charge is 0.148 e. The lowest BCUT2D eigenvalue weighted by molar-refractivity contribution is 0.189. The highest BCUT2D eigenvalue weighted by atomic mass is 32.1.